The minimum atomic E-state index is 0.362. The van der Waals surface area contributed by atoms with Crippen LogP contribution in [-0.4, -0.2) is 37.1 Å². The lowest BCUT2D eigenvalue weighted by atomic mass is 9.84. The van der Waals surface area contributed by atoms with E-state index < -0.39 is 0 Å². The van der Waals surface area contributed by atoms with Gasteiger partial charge < -0.3 is 10.2 Å². The van der Waals surface area contributed by atoms with Gasteiger partial charge in [-0.15, -0.1) is 0 Å². The first-order valence-corrected chi connectivity index (χ1v) is 7.82. The van der Waals surface area contributed by atoms with Gasteiger partial charge in [0.15, 0.2) is 0 Å². The molecule has 2 unspecified atom stereocenters. The Balaban J connectivity index is 2.41. The van der Waals surface area contributed by atoms with E-state index in [1.807, 2.05) is 0 Å². The van der Waals surface area contributed by atoms with Crippen LogP contribution in [0.15, 0.2) is 0 Å². The smallest absolute Gasteiger partial charge is 0.0102 e. The Morgan fingerprint density at radius 3 is 2.44 bits per heavy atom. The van der Waals surface area contributed by atoms with Crippen LogP contribution in [0, 0.1) is 17.3 Å². The molecule has 2 heteroatoms. The Morgan fingerprint density at radius 2 is 1.94 bits per heavy atom. The van der Waals surface area contributed by atoms with Gasteiger partial charge in [0.2, 0.25) is 0 Å². The lowest BCUT2D eigenvalue weighted by molar-refractivity contribution is 0.158. The Morgan fingerprint density at radius 1 is 1.28 bits per heavy atom. The highest BCUT2D eigenvalue weighted by atomic mass is 15.2. The molecule has 1 saturated heterocycles. The second-order valence-corrected chi connectivity index (χ2v) is 7.19. The third-order valence-electron chi connectivity index (χ3n) is 4.76. The number of hydrogen-bond donors (Lipinski definition) is 1. The Bertz CT molecular complexity index is 235. The van der Waals surface area contributed by atoms with Crippen molar-refractivity contribution in [2.45, 2.75) is 60.4 Å². The predicted octanol–water partition coefficient (Wildman–Crippen LogP) is 3.38. The first kappa shape index (κ1) is 16.0. The molecule has 2 atom stereocenters. The maximum atomic E-state index is 3.65. The van der Waals surface area contributed by atoms with Crippen molar-refractivity contribution in [3.8, 4) is 0 Å². The van der Waals surface area contributed by atoms with Crippen LogP contribution in [0.25, 0.3) is 0 Å². The van der Waals surface area contributed by atoms with Gasteiger partial charge in [0.1, 0.15) is 0 Å². The van der Waals surface area contributed by atoms with Crippen LogP contribution in [0.5, 0.6) is 0 Å². The van der Waals surface area contributed by atoms with Crippen molar-refractivity contribution in [1.29, 1.82) is 0 Å². The summed E-state index contributed by atoms with van der Waals surface area (Å²) in [7, 11) is 0. The van der Waals surface area contributed by atoms with Crippen molar-refractivity contribution in [3.05, 3.63) is 0 Å². The zero-order valence-corrected chi connectivity index (χ0v) is 13.4. The highest BCUT2D eigenvalue weighted by Gasteiger charge is 2.32. The maximum Gasteiger partial charge on any atom is 0.0102 e. The molecule has 0 aromatic rings. The highest BCUT2D eigenvalue weighted by Crippen LogP contribution is 2.28. The van der Waals surface area contributed by atoms with Crippen LogP contribution in [0.4, 0.5) is 0 Å². The van der Waals surface area contributed by atoms with Crippen LogP contribution in [0.2, 0.25) is 0 Å². The minimum Gasteiger partial charge on any atom is -0.314 e. The normalized spacial score (nSPS) is 23.8. The number of nitrogens with zero attached hydrogens (tertiary/aromatic N) is 1. The summed E-state index contributed by atoms with van der Waals surface area (Å²) in [4.78, 5) is 2.68. The van der Waals surface area contributed by atoms with Gasteiger partial charge in [-0.2, -0.15) is 0 Å². The summed E-state index contributed by atoms with van der Waals surface area (Å²) < 4.78 is 0. The fraction of sp³-hybridized carbons (Fsp3) is 1.00. The molecule has 0 bridgehead atoms. The number of hydrogen-bond acceptors (Lipinski definition) is 2. The van der Waals surface area contributed by atoms with Crippen LogP contribution in [-0.2, 0) is 0 Å². The fourth-order valence-corrected chi connectivity index (χ4v) is 2.90. The number of likely N-dealkylation sites (tertiary alicyclic amines) is 1. The molecule has 0 aromatic heterocycles. The lowest BCUT2D eigenvalue weighted by Crippen LogP contribution is -2.46. The summed E-state index contributed by atoms with van der Waals surface area (Å²) in [6, 6.07) is 0.593. The molecule has 2 nitrogen and oxygen atoms in total. The van der Waals surface area contributed by atoms with E-state index in [1.165, 1.54) is 32.5 Å². The molecule has 0 spiro atoms. The molecule has 1 aliphatic rings. The average molecular weight is 254 g/mol. The van der Waals surface area contributed by atoms with Crippen LogP contribution in [0.3, 0.4) is 0 Å². The molecular weight excluding hydrogens is 220 g/mol. The van der Waals surface area contributed by atoms with Crippen molar-refractivity contribution < 1.29 is 0 Å². The molecule has 0 aliphatic carbocycles. The largest absolute Gasteiger partial charge is 0.314 e. The molecule has 1 aliphatic heterocycles. The van der Waals surface area contributed by atoms with Crippen molar-refractivity contribution >= 4 is 0 Å². The molecule has 0 saturated carbocycles. The van der Waals surface area contributed by atoms with E-state index in [2.05, 4.69) is 51.8 Å². The SMILES string of the molecule is CCCNC(C)C(C)(C)CN1CCC(C(C)C)C1. The second kappa shape index (κ2) is 6.91. The van der Waals surface area contributed by atoms with Gasteiger partial charge in [-0.05, 0) is 50.1 Å². The zero-order chi connectivity index (χ0) is 13.8. The van der Waals surface area contributed by atoms with Crippen LogP contribution < -0.4 is 5.32 Å². The quantitative estimate of drug-likeness (QED) is 0.749. The molecule has 1 fully saturated rings. The summed E-state index contributed by atoms with van der Waals surface area (Å²) in [5.41, 5.74) is 0.362. The van der Waals surface area contributed by atoms with Gasteiger partial charge in [0.25, 0.3) is 0 Å². The van der Waals surface area contributed by atoms with Gasteiger partial charge in [-0.3, -0.25) is 0 Å². The fourth-order valence-electron chi connectivity index (χ4n) is 2.90. The average Bonchev–Trinajstić information content (AvgIpc) is 2.73. The molecule has 108 valence electrons. The Hall–Kier alpha value is -0.0800. The third kappa shape index (κ3) is 4.55. The van der Waals surface area contributed by atoms with E-state index in [-0.39, 0.29) is 0 Å². The van der Waals surface area contributed by atoms with Gasteiger partial charge >= 0.3 is 0 Å². The zero-order valence-electron chi connectivity index (χ0n) is 13.4. The van der Waals surface area contributed by atoms with Gasteiger partial charge in [-0.25, -0.2) is 0 Å². The molecule has 0 aromatic carbocycles. The van der Waals surface area contributed by atoms with Crippen molar-refractivity contribution in [1.82, 2.24) is 10.2 Å². The Labute approximate surface area is 115 Å². The van der Waals surface area contributed by atoms with E-state index in [0.717, 1.165) is 18.4 Å². The first-order chi connectivity index (χ1) is 8.36. The summed E-state index contributed by atoms with van der Waals surface area (Å²) in [5.74, 6) is 1.76. The topological polar surface area (TPSA) is 15.3 Å². The van der Waals surface area contributed by atoms with E-state index in [9.17, 15) is 0 Å². The van der Waals surface area contributed by atoms with Crippen LogP contribution in [0.1, 0.15) is 54.4 Å². The molecule has 18 heavy (non-hydrogen) atoms. The van der Waals surface area contributed by atoms with Crippen molar-refractivity contribution in [3.63, 3.8) is 0 Å². The molecule has 0 radical (unpaired) electrons. The standard InChI is InChI=1S/C16H34N2/c1-7-9-17-14(4)16(5,6)12-18-10-8-15(11-18)13(2)3/h13-15,17H,7-12H2,1-6H3. The predicted molar refractivity (Wildman–Crippen MR) is 80.9 cm³/mol. The second-order valence-electron chi connectivity index (χ2n) is 7.19. The van der Waals surface area contributed by atoms with Crippen molar-refractivity contribution in [2.75, 3.05) is 26.2 Å². The van der Waals surface area contributed by atoms with E-state index >= 15 is 0 Å². The number of nitrogens with one attached hydrogen (secondary N) is 1. The summed E-state index contributed by atoms with van der Waals surface area (Å²) >= 11 is 0. The van der Waals surface area contributed by atoms with Gasteiger partial charge in [0.05, 0.1) is 0 Å². The summed E-state index contributed by atoms with van der Waals surface area (Å²) in [6.45, 7) is 19.1. The van der Waals surface area contributed by atoms with Crippen molar-refractivity contribution in [2.24, 2.45) is 17.3 Å². The van der Waals surface area contributed by atoms with E-state index in [1.54, 1.807) is 0 Å². The van der Waals surface area contributed by atoms with E-state index in [0.29, 0.717) is 11.5 Å². The monoisotopic (exact) mass is 254 g/mol. The van der Waals surface area contributed by atoms with Gasteiger partial charge in [0, 0.05) is 19.1 Å². The first-order valence-electron chi connectivity index (χ1n) is 7.82. The lowest BCUT2D eigenvalue weighted by Gasteiger charge is -2.36. The third-order valence-corrected chi connectivity index (χ3v) is 4.76. The Kier molecular flexibility index (Phi) is 6.13. The minimum absolute atomic E-state index is 0.362. The maximum absolute atomic E-state index is 3.65. The summed E-state index contributed by atoms with van der Waals surface area (Å²) in [6.07, 6.45) is 2.62. The van der Waals surface area contributed by atoms with E-state index in [4.69, 9.17) is 0 Å². The molecule has 1 heterocycles. The molecule has 0 amide bonds. The number of rotatable bonds is 7. The molecular formula is C16H34N2. The van der Waals surface area contributed by atoms with Gasteiger partial charge in [-0.1, -0.05) is 34.6 Å². The highest BCUT2D eigenvalue weighted by molar-refractivity contribution is 4.87. The molecule has 1 N–H and O–H groups in total. The molecule has 1 rings (SSSR count). The van der Waals surface area contributed by atoms with Crippen LogP contribution >= 0.6 is 0 Å². The summed E-state index contributed by atoms with van der Waals surface area (Å²) in [5, 5.41) is 3.65.